The smallest absolute Gasteiger partial charge is 0.367 e. The van der Waals surface area contributed by atoms with Gasteiger partial charge in [0, 0.05) is 37.9 Å². The molecule has 11 heteroatoms. The van der Waals surface area contributed by atoms with E-state index >= 15 is 0 Å². The van der Waals surface area contributed by atoms with E-state index in [4.69, 9.17) is 0 Å². The van der Waals surface area contributed by atoms with Gasteiger partial charge < -0.3 is 9.80 Å². The topological polar surface area (TPSA) is 44.6 Å². The van der Waals surface area contributed by atoms with Crippen molar-refractivity contribution in [2.24, 2.45) is 7.05 Å². The van der Waals surface area contributed by atoms with Gasteiger partial charge in [0.15, 0.2) is 5.82 Å². The first-order valence-electron chi connectivity index (χ1n) is 11.6. The van der Waals surface area contributed by atoms with E-state index in [0.29, 0.717) is 31.7 Å². The molecule has 1 fully saturated rings. The van der Waals surface area contributed by atoms with E-state index in [2.05, 4.69) is 5.10 Å². The van der Waals surface area contributed by atoms with Gasteiger partial charge in [-0.1, -0.05) is 24.3 Å². The molecule has 0 atom stereocenters. The summed E-state index contributed by atoms with van der Waals surface area (Å²) in [6, 6.07) is 8.23. The van der Waals surface area contributed by atoms with Gasteiger partial charge in [-0.2, -0.15) is 18.3 Å². The molecular weight excluding hydrogens is 481 g/mol. The number of urea groups is 1. The van der Waals surface area contributed by atoms with E-state index in [0.717, 1.165) is 11.6 Å². The minimum absolute atomic E-state index is 0.0262. The van der Waals surface area contributed by atoms with Crippen LogP contribution in [0, 0.1) is 11.6 Å². The van der Waals surface area contributed by atoms with Crippen LogP contribution in [0.1, 0.15) is 29.5 Å². The van der Waals surface area contributed by atoms with Gasteiger partial charge in [-0.15, -0.1) is 0 Å². The largest absolute Gasteiger partial charge is 0.416 e. The Hall–Kier alpha value is -3.63. The predicted molar refractivity (Wildman–Crippen MR) is 123 cm³/mol. The molecule has 0 bridgehead atoms. The molecule has 3 aromatic rings. The van der Waals surface area contributed by atoms with Crippen LogP contribution in [0.2, 0.25) is 0 Å². The van der Waals surface area contributed by atoms with Crippen molar-refractivity contribution in [1.29, 1.82) is 0 Å². The number of alkyl halides is 3. The van der Waals surface area contributed by atoms with E-state index in [1.165, 1.54) is 46.0 Å². The van der Waals surface area contributed by atoms with E-state index in [1.54, 1.807) is 23.0 Å². The highest BCUT2D eigenvalue weighted by Crippen LogP contribution is 2.36. The fourth-order valence-electron chi connectivity index (χ4n) is 5.09. The number of aryl methyl sites for hydroxylation is 1. The molecule has 1 saturated heterocycles. The molecule has 2 aliphatic heterocycles. The van der Waals surface area contributed by atoms with Gasteiger partial charge in [0.05, 0.1) is 18.7 Å². The maximum atomic E-state index is 14.2. The fraction of sp³-hybridized carbons (Fsp3) is 0.360. The summed E-state index contributed by atoms with van der Waals surface area (Å²) in [5.74, 6) is -0.949. The number of anilines is 2. The molecule has 2 aliphatic rings. The number of para-hydroxylation sites is 1. The van der Waals surface area contributed by atoms with E-state index in [9.17, 15) is 26.7 Å². The summed E-state index contributed by atoms with van der Waals surface area (Å²) < 4.78 is 70.9. The van der Waals surface area contributed by atoms with Crippen LogP contribution >= 0.6 is 0 Å². The SMILES string of the molecule is Cn1cc2c(n1)N(Cc1ccccc1C(F)(F)F)C(=O)N(C1CCN(c3c(F)cccc3F)CC1)C2. The number of amides is 2. The number of halogens is 5. The molecule has 2 aromatic carbocycles. The van der Waals surface area contributed by atoms with E-state index < -0.39 is 29.4 Å². The van der Waals surface area contributed by atoms with Gasteiger partial charge in [0.25, 0.3) is 0 Å². The molecule has 1 aromatic heterocycles. The summed E-state index contributed by atoms with van der Waals surface area (Å²) in [5, 5.41) is 4.34. The third-order valence-corrected chi connectivity index (χ3v) is 6.77. The second-order valence-electron chi connectivity index (χ2n) is 9.09. The van der Waals surface area contributed by atoms with Crippen molar-refractivity contribution in [2.45, 2.75) is 38.1 Å². The number of carbonyl (C=O) groups excluding carboxylic acids is 1. The molecule has 0 aliphatic carbocycles. The number of benzene rings is 2. The highest BCUT2D eigenvalue weighted by Gasteiger charge is 2.40. The molecule has 0 N–H and O–H groups in total. The van der Waals surface area contributed by atoms with Crippen molar-refractivity contribution < 1.29 is 26.7 Å². The number of carbonyl (C=O) groups is 1. The van der Waals surface area contributed by atoms with Gasteiger partial charge >= 0.3 is 12.2 Å². The van der Waals surface area contributed by atoms with Gasteiger partial charge in [-0.05, 0) is 36.6 Å². The minimum atomic E-state index is -4.56. The quantitative estimate of drug-likeness (QED) is 0.451. The summed E-state index contributed by atoms with van der Waals surface area (Å²) in [6.45, 7) is 0.651. The Labute approximate surface area is 204 Å². The monoisotopic (exact) mass is 505 g/mol. The van der Waals surface area contributed by atoms with Crippen LogP contribution < -0.4 is 9.80 Å². The molecule has 0 saturated carbocycles. The highest BCUT2D eigenvalue weighted by atomic mass is 19.4. The summed E-state index contributed by atoms with van der Waals surface area (Å²) in [5.41, 5.74) is -0.181. The average Bonchev–Trinajstić information content (AvgIpc) is 3.21. The third kappa shape index (κ3) is 4.38. The van der Waals surface area contributed by atoms with Crippen molar-refractivity contribution >= 4 is 17.5 Å². The number of piperidine rings is 1. The standard InChI is InChI=1S/C25H24F5N5O/c1-32-13-17-15-34(18-9-11-33(12-10-18)22-20(26)7-4-8-21(22)27)24(36)35(23(17)31-32)14-16-5-2-3-6-19(16)25(28,29)30/h2-8,13,18H,9-12,14-15H2,1H3. The van der Waals surface area contributed by atoms with Gasteiger partial charge in [-0.25, -0.2) is 13.6 Å². The lowest BCUT2D eigenvalue weighted by Crippen LogP contribution is -2.54. The fourth-order valence-corrected chi connectivity index (χ4v) is 5.09. The molecule has 3 heterocycles. The van der Waals surface area contributed by atoms with Crippen LogP contribution in [-0.2, 0) is 26.3 Å². The summed E-state index contributed by atoms with van der Waals surface area (Å²) in [6.07, 6.45) is -1.89. The Bertz CT molecular complexity index is 1260. The zero-order valence-electron chi connectivity index (χ0n) is 19.5. The second kappa shape index (κ2) is 9.11. The first-order valence-corrected chi connectivity index (χ1v) is 11.6. The maximum absolute atomic E-state index is 14.2. The maximum Gasteiger partial charge on any atom is 0.416 e. The van der Waals surface area contributed by atoms with Crippen LogP contribution in [-0.4, -0.2) is 39.8 Å². The Morgan fingerprint density at radius 1 is 1.00 bits per heavy atom. The highest BCUT2D eigenvalue weighted by molar-refractivity contribution is 5.94. The normalized spacial score (nSPS) is 17.1. The van der Waals surface area contributed by atoms with Crippen molar-refractivity contribution in [3.8, 4) is 0 Å². The molecule has 5 rings (SSSR count). The molecule has 0 unspecified atom stereocenters. The Balaban J connectivity index is 1.39. The average molecular weight is 505 g/mol. The second-order valence-corrected chi connectivity index (χ2v) is 9.09. The lowest BCUT2D eigenvalue weighted by molar-refractivity contribution is -0.138. The molecule has 0 radical (unpaired) electrons. The van der Waals surface area contributed by atoms with Crippen LogP contribution in [0.25, 0.3) is 0 Å². The lowest BCUT2D eigenvalue weighted by atomic mass is 10.0. The van der Waals surface area contributed by atoms with Gasteiger partial charge in [0.2, 0.25) is 0 Å². The molecule has 190 valence electrons. The first-order chi connectivity index (χ1) is 17.1. The number of aromatic nitrogens is 2. The number of nitrogens with zero attached hydrogens (tertiary/aromatic N) is 5. The molecular formula is C25H24F5N5O. The molecule has 0 spiro atoms. The third-order valence-electron chi connectivity index (χ3n) is 6.77. The number of hydrogen-bond acceptors (Lipinski definition) is 3. The summed E-state index contributed by atoms with van der Waals surface area (Å²) >= 11 is 0. The van der Waals surface area contributed by atoms with E-state index in [1.807, 2.05) is 0 Å². The number of fused-ring (bicyclic) bond motifs is 1. The number of hydrogen-bond donors (Lipinski definition) is 0. The van der Waals surface area contributed by atoms with Crippen LogP contribution in [0.4, 0.5) is 38.3 Å². The van der Waals surface area contributed by atoms with Crippen LogP contribution in [0.15, 0.2) is 48.7 Å². The summed E-state index contributed by atoms with van der Waals surface area (Å²) in [4.78, 5) is 18.2. The molecule has 36 heavy (non-hydrogen) atoms. The lowest BCUT2D eigenvalue weighted by Gasteiger charge is -2.43. The van der Waals surface area contributed by atoms with E-state index in [-0.39, 0.29) is 30.4 Å². The van der Waals surface area contributed by atoms with Gasteiger partial charge in [-0.3, -0.25) is 9.58 Å². The van der Waals surface area contributed by atoms with Gasteiger partial charge in [0.1, 0.15) is 17.3 Å². The van der Waals surface area contributed by atoms with Crippen molar-refractivity contribution in [1.82, 2.24) is 14.7 Å². The summed E-state index contributed by atoms with van der Waals surface area (Å²) in [7, 11) is 1.69. The van der Waals surface area contributed by atoms with Crippen molar-refractivity contribution in [2.75, 3.05) is 22.9 Å². The van der Waals surface area contributed by atoms with Crippen molar-refractivity contribution in [3.63, 3.8) is 0 Å². The van der Waals surface area contributed by atoms with Crippen LogP contribution in [0.5, 0.6) is 0 Å². The minimum Gasteiger partial charge on any atom is -0.367 e. The Morgan fingerprint density at radius 3 is 2.33 bits per heavy atom. The Morgan fingerprint density at radius 2 is 1.67 bits per heavy atom. The van der Waals surface area contributed by atoms with Crippen molar-refractivity contribution in [3.05, 3.63) is 77.0 Å². The molecule has 6 nitrogen and oxygen atoms in total. The van der Waals surface area contributed by atoms with Crippen LogP contribution in [0.3, 0.4) is 0 Å². The predicted octanol–water partition coefficient (Wildman–Crippen LogP) is 5.33. The zero-order valence-corrected chi connectivity index (χ0v) is 19.5. The molecule has 2 amide bonds. The first kappa shape index (κ1) is 24.1. The zero-order chi connectivity index (χ0) is 25.6. The Kier molecular flexibility index (Phi) is 6.09. The number of rotatable bonds is 4.